The molecule has 3 rings (SSSR count). The summed E-state index contributed by atoms with van der Waals surface area (Å²) >= 11 is 7.49. The van der Waals surface area contributed by atoms with Crippen LogP contribution in [0.1, 0.15) is 39.5 Å². The van der Waals surface area contributed by atoms with Gasteiger partial charge in [0.15, 0.2) is 0 Å². The maximum Gasteiger partial charge on any atom is 0.225 e. The largest absolute Gasteiger partial charge is 0.388 e. The maximum atomic E-state index is 10.7. The standard InChI is InChI=1S/C15H20ClN3OS/c1-14(2)4-6-15(20,7-5-14)9-17-11-10-3-8-21-12(10)19-13(16)18-11/h3,8,20H,4-7,9H2,1-2H3,(H,17,18,19). The molecule has 2 heterocycles. The fraction of sp³-hybridized carbons (Fsp3) is 0.600. The molecule has 0 atom stereocenters. The number of fused-ring (bicyclic) bond motifs is 1. The third-order valence-corrected chi connectivity index (χ3v) is 5.39. The van der Waals surface area contributed by atoms with E-state index in [-0.39, 0.29) is 5.28 Å². The van der Waals surface area contributed by atoms with Crippen LogP contribution in [-0.4, -0.2) is 27.2 Å². The van der Waals surface area contributed by atoms with Crippen molar-refractivity contribution >= 4 is 39.0 Å². The van der Waals surface area contributed by atoms with Crippen LogP contribution >= 0.6 is 22.9 Å². The van der Waals surface area contributed by atoms with Crippen LogP contribution in [0, 0.1) is 5.41 Å². The molecule has 4 nitrogen and oxygen atoms in total. The van der Waals surface area contributed by atoms with Gasteiger partial charge in [-0.05, 0) is 54.1 Å². The lowest BCUT2D eigenvalue weighted by Crippen LogP contribution is -2.42. The lowest BCUT2D eigenvalue weighted by atomic mass is 9.71. The van der Waals surface area contributed by atoms with Crippen molar-refractivity contribution in [3.05, 3.63) is 16.7 Å². The highest BCUT2D eigenvalue weighted by atomic mass is 35.5. The van der Waals surface area contributed by atoms with Gasteiger partial charge in [0.25, 0.3) is 0 Å². The number of hydrogen-bond donors (Lipinski definition) is 2. The van der Waals surface area contributed by atoms with Gasteiger partial charge in [-0.1, -0.05) is 13.8 Å². The Balaban J connectivity index is 1.73. The number of hydrogen-bond acceptors (Lipinski definition) is 5. The van der Waals surface area contributed by atoms with E-state index in [1.165, 1.54) is 11.3 Å². The highest BCUT2D eigenvalue weighted by Gasteiger charge is 2.36. The highest BCUT2D eigenvalue weighted by molar-refractivity contribution is 7.16. The third-order valence-electron chi connectivity index (χ3n) is 4.42. The minimum Gasteiger partial charge on any atom is -0.388 e. The first-order valence-corrected chi connectivity index (χ1v) is 8.50. The summed E-state index contributed by atoms with van der Waals surface area (Å²) in [4.78, 5) is 9.32. The molecule has 1 aliphatic carbocycles. The van der Waals surface area contributed by atoms with Crippen molar-refractivity contribution in [3.63, 3.8) is 0 Å². The molecule has 0 bridgehead atoms. The van der Waals surface area contributed by atoms with Crippen molar-refractivity contribution < 1.29 is 5.11 Å². The van der Waals surface area contributed by atoms with Gasteiger partial charge in [-0.2, -0.15) is 0 Å². The van der Waals surface area contributed by atoms with Gasteiger partial charge in [0.2, 0.25) is 5.28 Å². The average Bonchev–Trinajstić information content (AvgIpc) is 2.88. The summed E-state index contributed by atoms with van der Waals surface area (Å²) in [5.41, 5.74) is -0.319. The number of thiophene rings is 1. The fourth-order valence-electron chi connectivity index (χ4n) is 2.78. The Morgan fingerprint density at radius 2 is 2.00 bits per heavy atom. The second-order valence-corrected chi connectivity index (χ2v) is 7.96. The summed E-state index contributed by atoms with van der Waals surface area (Å²) in [5, 5.41) is 17.2. The van der Waals surface area contributed by atoms with Crippen LogP contribution in [0.25, 0.3) is 10.2 Å². The van der Waals surface area contributed by atoms with E-state index in [2.05, 4.69) is 29.1 Å². The van der Waals surface area contributed by atoms with E-state index in [0.29, 0.717) is 17.8 Å². The minimum absolute atomic E-state index is 0.240. The van der Waals surface area contributed by atoms with Crippen molar-refractivity contribution in [2.75, 3.05) is 11.9 Å². The minimum atomic E-state index is -0.657. The Morgan fingerprint density at radius 3 is 2.71 bits per heavy atom. The van der Waals surface area contributed by atoms with Gasteiger partial charge in [0.05, 0.1) is 11.0 Å². The molecule has 0 radical (unpaired) electrons. The van der Waals surface area contributed by atoms with Crippen molar-refractivity contribution in [1.82, 2.24) is 9.97 Å². The van der Waals surface area contributed by atoms with Gasteiger partial charge in [0, 0.05) is 6.54 Å². The van der Waals surface area contributed by atoms with Crippen LogP contribution in [-0.2, 0) is 0 Å². The van der Waals surface area contributed by atoms with Crippen LogP contribution in [0.5, 0.6) is 0 Å². The van der Waals surface area contributed by atoms with Crippen LogP contribution in [0.3, 0.4) is 0 Å². The first kappa shape index (κ1) is 15.0. The fourth-order valence-corrected chi connectivity index (χ4v) is 3.76. The number of nitrogens with zero attached hydrogens (tertiary/aromatic N) is 2. The number of aromatic nitrogens is 2. The van der Waals surface area contributed by atoms with Gasteiger partial charge < -0.3 is 10.4 Å². The average molecular weight is 326 g/mol. The van der Waals surface area contributed by atoms with E-state index in [1.54, 1.807) is 0 Å². The van der Waals surface area contributed by atoms with E-state index in [0.717, 1.165) is 35.9 Å². The maximum absolute atomic E-state index is 10.7. The quantitative estimate of drug-likeness (QED) is 0.835. The summed E-state index contributed by atoms with van der Waals surface area (Å²) in [7, 11) is 0. The molecule has 0 aliphatic heterocycles. The molecule has 0 amide bonds. The van der Waals surface area contributed by atoms with Gasteiger partial charge in [0.1, 0.15) is 10.6 Å². The summed E-state index contributed by atoms with van der Waals surface area (Å²) in [6.45, 7) is 5.03. The number of nitrogens with one attached hydrogen (secondary N) is 1. The zero-order valence-corrected chi connectivity index (χ0v) is 13.9. The van der Waals surface area contributed by atoms with E-state index in [4.69, 9.17) is 11.6 Å². The number of aliphatic hydroxyl groups is 1. The molecular formula is C15H20ClN3OS. The molecule has 0 unspecified atom stereocenters. The number of rotatable bonds is 3. The molecule has 1 fully saturated rings. The third kappa shape index (κ3) is 3.30. The molecular weight excluding hydrogens is 306 g/mol. The van der Waals surface area contributed by atoms with Gasteiger partial charge in [-0.3, -0.25) is 0 Å². The molecule has 114 valence electrons. The second kappa shape index (κ2) is 5.38. The van der Waals surface area contributed by atoms with Crippen molar-refractivity contribution in [2.45, 2.75) is 45.1 Å². The summed E-state index contributed by atoms with van der Waals surface area (Å²) in [6.07, 6.45) is 3.73. The number of anilines is 1. The van der Waals surface area contributed by atoms with Crippen LogP contribution in [0.15, 0.2) is 11.4 Å². The SMILES string of the molecule is CC1(C)CCC(O)(CNc2nc(Cl)nc3sccc23)CC1. The van der Waals surface area contributed by atoms with Gasteiger partial charge >= 0.3 is 0 Å². The monoisotopic (exact) mass is 325 g/mol. The Hall–Kier alpha value is -0.910. The van der Waals surface area contributed by atoms with Crippen molar-refractivity contribution in [1.29, 1.82) is 0 Å². The zero-order valence-electron chi connectivity index (χ0n) is 12.3. The number of halogens is 1. The molecule has 21 heavy (non-hydrogen) atoms. The topological polar surface area (TPSA) is 58.0 Å². The van der Waals surface area contributed by atoms with E-state index in [1.807, 2.05) is 11.4 Å². The Bertz CT molecular complexity index is 645. The molecule has 0 aromatic carbocycles. The van der Waals surface area contributed by atoms with Crippen molar-refractivity contribution in [3.8, 4) is 0 Å². The zero-order chi connectivity index (χ0) is 15.1. The van der Waals surface area contributed by atoms with E-state index in [9.17, 15) is 5.11 Å². The predicted octanol–water partition coefficient (Wildman–Crippen LogP) is 4.09. The van der Waals surface area contributed by atoms with Crippen molar-refractivity contribution in [2.24, 2.45) is 5.41 Å². The smallest absolute Gasteiger partial charge is 0.225 e. The molecule has 1 aliphatic rings. The molecule has 1 saturated carbocycles. The summed E-state index contributed by atoms with van der Waals surface area (Å²) < 4.78 is 0. The summed E-state index contributed by atoms with van der Waals surface area (Å²) in [5.74, 6) is 0.713. The first-order chi connectivity index (χ1) is 9.87. The molecule has 0 saturated heterocycles. The Labute approximate surface area is 133 Å². The van der Waals surface area contributed by atoms with Gasteiger partial charge in [-0.15, -0.1) is 11.3 Å². The molecule has 6 heteroatoms. The lowest BCUT2D eigenvalue weighted by molar-refractivity contribution is -0.0145. The second-order valence-electron chi connectivity index (χ2n) is 6.72. The molecule has 2 aromatic heterocycles. The van der Waals surface area contributed by atoms with Gasteiger partial charge in [-0.25, -0.2) is 9.97 Å². The molecule has 2 aromatic rings. The first-order valence-electron chi connectivity index (χ1n) is 7.24. The summed E-state index contributed by atoms with van der Waals surface area (Å²) in [6, 6.07) is 1.98. The predicted molar refractivity (Wildman–Crippen MR) is 88.1 cm³/mol. The van der Waals surface area contributed by atoms with Crippen LogP contribution in [0.4, 0.5) is 5.82 Å². The Morgan fingerprint density at radius 1 is 1.29 bits per heavy atom. The van der Waals surface area contributed by atoms with Crippen LogP contribution < -0.4 is 5.32 Å². The Kier molecular flexibility index (Phi) is 3.84. The normalized spacial score (nSPS) is 20.6. The molecule has 0 spiro atoms. The van der Waals surface area contributed by atoms with E-state index < -0.39 is 5.60 Å². The van der Waals surface area contributed by atoms with Crippen LogP contribution in [0.2, 0.25) is 5.28 Å². The highest BCUT2D eigenvalue weighted by Crippen LogP contribution is 2.40. The van der Waals surface area contributed by atoms with E-state index >= 15 is 0 Å². The lowest BCUT2D eigenvalue weighted by Gasteiger charge is -2.40. The molecule has 2 N–H and O–H groups in total.